The summed E-state index contributed by atoms with van der Waals surface area (Å²) in [5.41, 5.74) is 3.93. The standard InChI is InChI=1S/C21H19N3O4/c1-12-3-4-13(2)16(7-12)24-10-15(9-19(24)25)21-22-20(23-28-21)14-5-6-17-18(8-14)27-11-26-17/h3-8,15H,9-11H2,1-2H3. The molecule has 7 heteroatoms. The number of aromatic nitrogens is 2. The number of carbonyl (C=O) groups excluding carboxylic acids is 1. The Balaban J connectivity index is 1.39. The highest BCUT2D eigenvalue weighted by atomic mass is 16.7. The van der Waals surface area contributed by atoms with Gasteiger partial charge in [-0.15, -0.1) is 0 Å². The van der Waals surface area contributed by atoms with E-state index in [1.807, 2.05) is 55.1 Å². The fraction of sp³-hybridized carbons (Fsp3) is 0.286. The maximum absolute atomic E-state index is 12.6. The van der Waals surface area contributed by atoms with Crippen molar-refractivity contribution < 1.29 is 18.8 Å². The van der Waals surface area contributed by atoms with Crippen LogP contribution in [0.25, 0.3) is 11.4 Å². The number of amides is 1. The number of anilines is 1. The van der Waals surface area contributed by atoms with Crippen LogP contribution in [0, 0.1) is 13.8 Å². The Labute approximate surface area is 161 Å². The fourth-order valence-electron chi connectivity index (χ4n) is 3.67. The molecule has 0 N–H and O–H groups in total. The normalized spacial score (nSPS) is 18.1. The minimum Gasteiger partial charge on any atom is -0.454 e. The van der Waals surface area contributed by atoms with E-state index in [-0.39, 0.29) is 18.6 Å². The van der Waals surface area contributed by atoms with Gasteiger partial charge in [-0.3, -0.25) is 4.79 Å². The van der Waals surface area contributed by atoms with Crippen molar-refractivity contribution in [2.24, 2.45) is 0 Å². The van der Waals surface area contributed by atoms with E-state index in [0.717, 1.165) is 22.4 Å². The van der Waals surface area contributed by atoms with Gasteiger partial charge in [0.05, 0.1) is 5.92 Å². The molecule has 142 valence electrons. The summed E-state index contributed by atoms with van der Waals surface area (Å²) in [6.45, 7) is 4.79. The van der Waals surface area contributed by atoms with Gasteiger partial charge in [0.25, 0.3) is 0 Å². The summed E-state index contributed by atoms with van der Waals surface area (Å²) in [5.74, 6) is 2.28. The Bertz CT molecular complexity index is 1080. The molecule has 1 fully saturated rings. The van der Waals surface area contributed by atoms with E-state index in [4.69, 9.17) is 14.0 Å². The predicted molar refractivity (Wildman–Crippen MR) is 101 cm³/mol. The highest BCUT2D eigenvalue weighted by molar-refractivity contribution is 5.97. The third-order valence-corrected chi connectivity index (χ3v) is 5.20. The molecule has 2 aliphatic heterocycles. The van der Waals surface area contributed by atoms with Crippen LogP contribution in [0.15, 0.2) is 40.9 Å². The van der Waals surface area contributed by atoms with Crippen molar-refractivity contribution >= 4 is 11.6 Å². The fourth-order valence-corrected chi connectivity index (χ4v) is 3.67. The first kappa shape index (κ1) is 16.8. The van der Waals surface area contributed by atoms with Crippen molar-refractivity contribution in [1.29, 1.82) is 0 Å². The van der Waals surface area contributed by atoms with Crippen LogP contribution in [0.2, 0.25) is 0 Å². The summed E-state index contributed by atoms with van der Waals surface area (Å²) in [6, 6.07) is 11.7. The van der Waals surface area contributed by atoms with Gasteiger partial charge in [0.2, 0.25) is 24.4 Å². The third-order valence-electron chi connectivity index (χ3n) is 5.20. The maximum atomic E-state index is 12.6. The molecule has 2 aromatic carbocycles. The first-order chi connectivity index (χ1) is 13.6. The van der Waals surface area contributed by atoms with E-state index in [1.165, 1.54) is 0 Å². The van der Waals surface area contributed by atoms with Crippen molar-refractivity contribution in [2.75, 3.05) is 18.2 Å². The molecule has 1 unspecified atom stereocenters. The molecule has 0 spiro atoms. The van der Waals surface area contributed by atoms with Crippen LogP contribution < -0.4 is 14.4 Å². The summed E-state index contributed by atoms with van der Waals surface area (Å²) < 4.78 is 16.2. The molecule has 3 aromatic rings. The Kier molecular flexibility index (Phi) is 3.82. The van der Waals surface area contributed by atoms with E-state index in [0.29, 0.717) is 36.2 Å². The first-order valence-electron chi connectivity index (χ1n) is 9.20. The second-order valence-corrected chi connectivity index (χ2v) is 7.22. The van der Waals surface area contributed by atoms with Crippen LogP contribution in [-0.2, 0) is 4.79 Å². The number of ether oxygens (including phenoxy) is 2. The summed E-state index contributed by atoms with van der Waals surface area (Å²) in [6.07, 6.45) is 0.357. The Morgan fingerprint density at radius 1 is 1.07 bits per heavy atom. The number of hydrogen-bond acceptors (Lipinski definition) is 6. The Hall–Kier alpha value is -3.35. The molecule has 7 nitrogen and oxygen atoms in total. The van der Waals surface area contributed by atoms with Crippen LogP contribution in [0.3, 0.4) is 0 Å². The first-order valence-corrected chi connectivity index (χ1v) is 9.20. The molecule has 0 bridgehead atoms. The van der Waals surface area contributed by atoms with Crippen molar-refractivity contribution in [2.45, 2.75) is 26.2 Å². The lowest BCUT2D eigenvalue weighted by Crippen LogP contribution is -2.25. The van der Waals surface area contributed by atoms with Crippen LogP contribution in [0.5, 0.6) is 11.5 Å². The molecule has 1 saturated heterocycles. The molecular formula is C21H19N3O4. The predicted octanol–water partition coefficient (Wildman–Crippen LogP) is 3.60. The number of carbonyl (C=O) groups is 1. The topological polar surface area (TPSA) is 77.7 Å². The van der Waals surface area contributed by atoms with Gasteiger partial charge in [-0.05, 0) is 49.2 Å². The molecule has 0 saturated carbocycles. The summed E-state index contributed by atoms with van der Waals surface area (Å²) in [5, 5.41) is 4.10. The molecule has 28 heavy (non-hydrogen) atoms. The molecule has 2 aliphatic rings. The second kappa shape index (κ2) is 6.37. The average molecular weight is 377 g/mol. The number of hydrogen-bond donors (Lipinski definition) is 0. The molecule has 1 aromatic heterocycles. The van der Waals surface area contributed by atoms with Crippen LogP contribution >= 0.6 is 0 Å². The lowest BCUT2D eigenvalue weighted by Gasteiger charge is -2.19. The number of nitrogens with zero attached hydrogens (tertiary/aromatic N) is 3. The highest BCUT2D eigenvalue weighted by Crippen LogP contribution is 2.37. The molecule has 0 radical (unpaired) electrons. The summed E-state index contributed by atoms with van der Waals surface area (Å²) >= 11 is 0. The quantitative estimate of drug-likeness (QED) is 0.694. The minimum absolute atomic E-state index is 0.0709. The Morgan fingerprint density at radius 2 is 1.93 bits per heavy atom. The minimum atomic E-state index is -0.123. The van der Waals surface area contributed by atoms with Crippen LogP contribution in [-0.4, -0.2) is 29.4 Å². The van der Waals surface area contributed by atoms with E-state index >= 15 is 0 Å². The molecule has 1 atom stereocenters. The lowest BCUT2D eigenvalue weighted by molar-refractivity contribution is -0.117. The van der Waals surface area contributed by atoms with E-state index in [1.54, 1.807) is 0 Å². The van der Waals surface area contributed by atoms with Crippen molar-refractivity contribution in [3.05, 3.63) is 53.4 Å². The van der Waals surface area contributed by atoms with Crippen LogP contribution in [0.1, 0.15) is 29.4 Å². The zero-order chi connectivity index (χ0) is 19.3. The van der Waals surface area contributed by atoms with E-state index in [2.05, 4.69) is 10.1 Å². The van der Waals surface area contributed by atoms with Crippen molar-refractivity contribution in [3.8, 4) is 22.9 Å². The highest BCUT2D eigenvalue weighted by Gasteiger charge is 2.35. The van der Waals surface area contributed by atoms with Crippen LogP contribution in [0.4, 0.5) is 5.69 Å². The lowest BCUT2D eigenvalue weighted by atomic mass is 10.1. The van der Waals surface area contributed by atoms with E-state index < -0.39 is 0 Å². The van der Waals surface area contributed by atoms with E-state index in [9.17, 15) is 4.79 Å². The third kappa shape index (κ3) is 2.79. The number of benzene rings is 2. The van der Waals surface area contributed by atoms with Gasteiger partial charge < -0.3 is 18.9 Å². The van der Waals surface area contributed by atoms with Crippen molar-refractivity contribution in [3.63, 3.8) is 0 Å². The zero-order valence-corrected chi connectivity index (χ0v) is 15.6. The maximum Gasteiger partial charge on any atom is 0.232 e. The number of fused-ring (bicyclic) bond motifs is 1. The second-order valence-electron chi connectivity index (χ2n) is 7.22. The monoisotopic (exact) mass is 377 g/mol. The molecule has 1 amide bonds. The van der Waals surface area contributed by atoms with Gasteiger partial charge >= 0.3 is 0 Å². The van der Waals surface area contributed by atoms with Crippen molar-refractivity contribution in [1.82, 2.24) is 10.1 Å². The number of rotatable bonds is 3. The van der Waals surface area contributed by atoms with Gasteiger partial charge in [0, 0.05) is 24.2 Å². The van der Waals surface area contributed by atoms with Gasteiger partial charge in [-0.1, -0.05) is 17.3 Å². The summed E-state index contributed by atoms with van der Waals surface area (Å²) in [4.78, 5) is 19.0. The van der Waals surface area contributed by atoms with Gasteiger partial charge in [0.15, 0.2) is 11.5 Å². The smallest absolute Gasteiger partial charge is 0.232 e. The summed E-state index contributed by atoms with van der Waals surface area (Å²) in [7, 11) is 0. The van der Waals surface area contributed by atoms with Gasteiger partial charge in [-0.25, -0.2) is 0 Å². The van der Waals surface area contributed by atoms with Gasteiger partial charge in [-0.2, -0.15) is 4.98 Å². The largest absolute Gasteiger partial charge is 0.454 e. The molecule has 3 heterocycles. The molecular weight excluding hydrogens is 358 g/mol. The van der Waals surface area contributed by atoms with Gasteiger partial charge in [0.1, 0.15) is 0 Å². The number of aryl methyl sites for hydroxylation is 2. The zero-order valence-electron chi connectivity index (χ0n) is 15.6. The SMILES string of the molecule is Cc1ccc(C)c(N2CC(c3nc(-c4ccc5c(c4)OCO5)no3)CC2=O)c1. The molecule has 0 aliphatic carbocycles. The average Bonchev–Trinajstić information content (AvgIpc) is 3.42. The Morgan fingerprint density at radius 3 is 2.82 bits per heavy atom. The molecule has 5 rings (SSSR count).